The number of para-hydroxylation sites is 1. The molecule has 0 saturated carbocycles. The molecule has 2 heterocycles. The third-order valence-corrected chi connectivity index (χ3v) is 4.52. The van der Waals surface area contributed by atoms with Gasteiger partial charge in [-0.25, -0.2) is 4.39 Å². The number of rotatable bonds is 6. The Morgan fingerprint density at radius 1 is 0.846 bits per heavy atom. The molecule has 3 nitrogen and oxygen atoms in total. The van der Waals surface area contributed by atoms with Crippen molar-refractivity contribution in [3.63, 3.8) is 0 Å². The molecule has 0 aliphatic carbocycles. The van der Waals surface area contributed by atoms with Crippen LogP contribution in [0, 0.1) is 5.82 Å². The van der Waals surface area contributed by atoms with E-state index < -0.39 is 0 Å². The summed E-state index contributed by atoms with van der Waals surface area (Å²) in [4.78, 5) is 4.33. The molecule has 4 aromatic rings. The molecule has 0 aliphatic heterocycles. The Labute approximate surface area is 152 Å². The van der Waals surface area contributed by atoms with E-state index >= 15 is 0 Å². The van der Waals surface area contributed by atoms with Gasteiger partial charge in [-0.3, -0.25) is 4.98 Å². The molecule has 0 amide bonds. The van der Waals surface area contributed by atoms with Crippen LogP contribution in [0.4, 0.5) is 4.39 Å². The molecule has 0 radical (unpaired) electrons. The van der Waals surface area contributed by atoms with Crippen LogP contribution in [-0.4, -0.2) is 9.55 Å². The summed E-state index contributed by atoms with van der Waals surface area (Å²) in [6, 6.07) is 21.1. The Morgan fingerprint density at radius 3 is 2.50 bits per heavy atom. The summed E-state index contributed by atoms with van der Waals surface area (Å²) in [6.45, 7) is 1.97. The minimum atomic E-state index is -0.167. The lowest BCUT2D eigenvalue weighted by Crippen LogP contribution is -2.13. The van der Waals surface area contributed by atoms with Crippen molar-refractivity contribution < 1.29 is 4.39 Å². The summed E-state index contributed by atoms with van der Waals surface area (Å²) in [5, 5.41) is 4.64. The molecule has 0 aliphatic rings. The Kier molecular flexibility index (Phi) is 4.75. The van der Waals surface area contributed by atoms with Crippen LogP contribution in [0.15, 0.2) is 79.1 Å². The van der Waals surface area contributed by atoms with Crippen LogP contribution < -0.4 is 5.32 Å². The standard InChI is InChI=1S/C22H20FN3/c23-21-10-3-1-7-17(21)15-26-16-18(20-9-2-4-11-22(20)26)13-24-14-19-8-5-6-12-25-19/h1-12,16,24H,13-15H2. The fourth-order valence-electron chi connectivity index (χ4n) is 3.23. The molecule has 2 aromatic heterocycles. The van der Waals surface area contributed by atoms with Gasteiger partial charge in [-0.2, -0.15) is 0 Å². The van der Waals surface area contributed by atoms with Crippen molar-refractivity contribution in [2.75, 3.05) is 0 Å². The number of pyridine rings is 1. The Hall–Kier alpha value is -2.98. The van der Waals surface area contributed by atoms with Crippen LogP contribution in [0.5, 0.6) is 0 Å². The van der Waals surface area contributed by atoms with Gasteiger partial charge in [0, 0.05) is 41.9 Å². The highest BCUT2D eigenvalue weighted by Crippen LogP contribution is 2.23. The highest BCUT2D eigenvalue weighted by molar-refractivity contribution is 5.84. The van der Waals surface area contributed by atoms with E-state index in [1.165, 1.54) is 17.0 Å². The monoisotopic (exact) mass is 345 g/mol. The van der Waals surface area contributed by atoms with Crippen molar-refractivity contribution >= 4 is 10.9 Å². The fourth-order valence-corrected chi connectivity index (χ4v) is 3.23. The van der Waals surface area contributed by atoms with Crippen molar-refractivity contribution in [1.29, 1.82) is 0 Å². The van der Waals surface area contributed by atoms with Crippen LogP contribution in [0.2, 0.25) is 0 Å². The zero-order chi connectivity index (χ0) is 17.8. The van der Waals surface area contributed by atoms with Crippen LogP contribution in [0.1, 0.15) is 16.8 Å². The molecule has 0 atom stereocenters. The van der Waals surface area contributed by atoms with Crippen molar-refractivity contribution in [3.05, 3.63) is 102 Å². The Bertz CT molecular complexity index is 1010. The zero-order valence-corrected chi connectivity index (χ0v) is 14.4. The molecule has 0 bridgehead atoms. The Morgan fingerprint density at radius 2 is 1.65 bits per heavy atom. The van der Waals surface area contributed by atoms with Gasteiger partial charge in [0.2, 0.25) is 0 Å². The number of fused-ring (bicyclic) bond motifs is 1. The molecule has 0 spiro atoms. The summed E-state index contributed by atoms with van der Waals surface area (Å²) in [5.41, 5.74) is 4.03. The van der Waals surface area contributed by atoms with E-state index in [1.54, 1.807) is 12.3 Å². The molecule has 0 saturated heterocycles. The van der Waals surface area contributed by atoms with E-state index in [9.17, 15) is 4.39 Å². The van der Waals surface area contributed by atoms with Crippen LogP contribution >= 0.6 is 0 Å². The summed E-state index contributed by atoms with van der Waals surface area (Å²) in [6.07, 6.45) is 3.92. The number of aromatic nitrogens is 2. The van der Waals surface area contributed by atoms with Gasteiger partial charge in [0.25, 0.3) is 0 Å². The molecular formula is C22H20FN3. The molecule has 4 heteroatoms. The molecule has 1 N–H and O–H groups in total. The zero-order valence-electron chi connectivity index (χ0n) is 14.4. The molecule has 4 rings (SSSR count). The summed E-state index contributed by atoms with van der Waals surface area (Å²) in [5.74, 6) is -0.167. The first-order valence-electron chi connectivity index (χ1n) is 8.72. The van der Waals surface area contributed by atoms with Crippen molar-refractivity contribution in [2.45, 2.75) is 19.6 Å². The largest absolute Gasteiger partial charge is 0.343 e. The predicted molar refractivity (Wildman–Crippen MR) is 102 cm³/mol. The van der Waals surface area contributed by atoms with Crippen molar-refractivity contribution in [3.8, 4) is 0 Å². The number of nitrogens with zero attached hydrogens (tertiary/aromatic N) is 2. The average Bonchev–Trinajstić information content (AvgIpc) is 3.02. The number of halogens is 1. The van der Waals surface area contributed by atoms with Crippen LogP contribution in [0.25, 0.3) is 10.9 Å². The first-order valence-corrected chi connectivity index (χ1v) is 8.72. The first kappa shape index (κ1) is 16.5. The lowest BCUT2D eigenvalue weighted by Gasteiger charge is -2.06. The van der Waals surface area contributed by atoms with Crippen molar-refractivity contribution in [2.24, 2.45) is 0 Å². The van der Waals surface area contributed by atoms with Gasteiger partial charge in [0.05, 0.1) is 12.2 Å². The number of hydrogen-bond acceptors (Lipinski definition) is 2. The lowest BCUT2D eigenvalue weighted by atomic mass is 10.2. The molecule has 26 heavy (non-hydrogen) atoms. The highest BCUT2D eigenvalue weighted by Gasteiger charge is 2.10. The highest BCUT2D eigenvalue weighted by atomic mass is 19.1. The maximum Gasteiger partial charge on any atom is 0.128 e. The van der Waals surface area contributed by atoms with E-state index in [4.69, 9.17) is 0 Å². The summed E-state index contributed by atoms with van der Waals surface area (Å²) in [7, 11) is 0. The van der Waals surface area contributed by atoms with Gasteiger partial charge in [-0.05, 0) is 29.8 Å². The Balaban J connectivity index is 1.57. The maximum atomic E-state index is 14.0. The number of hydrogen-bond donors (Lipinski definition) is 1. The topological polar surface area (TPSA) is 29.9 Å². The normalized spacial score (nSPS) is 11.1. The van der Waals surface area contributed by atoms with Gasteiger partial charge in [0.1, 0.15) is 5.82 Å². The van der Waals surface area contributed by atoms with E-state index in [1.807, 2.05) is 42.5 Å². The first-order chi connectivity index (χ1) is 12.8. The van der Waals surface area contributed by atoms with Crippen LogP contribution in [-0.2, 0) is 19.6 Å². The van der Waals surface area contributed by atoms with Gasteiger partial charge in [-0.15, -0.1) is 0 Å². The fraction of sp³-hybridized carbons (Fsp3) is 0.136. The number of nitrogens with one attached hydrogen (secondary N) is 1. The van der Waals surface area contributed by atoms with Gasteiger partial charge >= 0.3 is 0 Å². The smallest absolute Gasteiger partial charge is 0.128 e. The van der Waals surface area contributed by atoms with Crippen LogP contribution in [0.3, 0.4) is 0 Å². The lowest BCUT2D eigenvalue weighted by molar-refractivity contribution is 0.601. The van der Waals surface area contributed by atoms with E-state index in [0.29, 0.717) is 18.7 Å². The third-order valence-electron chi connectivity index (χ3n) is 4.52. The molecule has 0 unspecified atom stereocenters. The van der Waals surface area contributed by atoms with Gasteiger partial charge in [0.15, 0.2) is 0 Å². The maximum absolute atomic E-state index is 14.0. The minimum Gasteiger partial charge on any atom is -0.343 e. The second kappa shape index (κ2) is 7.50. The third kappa shape index (κ3) is 3.51. The summed E-state index contributed by atoms with van der Waals surface area (Å²) < 4.78 is 16.2. The van der Waals surface area contributed by atoms with Gasteiger partial charge in [-0.1, -0.05) is 42.5 Å². The minimum absolute atomic E-state index is 0.167. The molecule has 0 fully saturated rings. The molecule has 130 valence electrons. The SMILES string of the molecule is Fc1ccccc1Cn1cc(CNCc2ccccn2)c2ccccc21. The molecular weight excluding hydrogens is 325 g/mol. The quantitative estimate of drug-likeness (QED) is 0.557. The van der Waals surface area contributed by atoms with Crippen molar-refractivity contribution in [1.82, 2.24) is 14.9 Å². The second-order valence-electron chi connectivity index (χ2n) is 6.32. The summed E-state index contributed by atoms with van der Waals surface area (Å²) >= 11 is 0. The number of benzene rings is 2. The van der Waals surface area contributed by atoms with Gasteiger partial charge < -0.3 is 9.88 Å². The van der Waals surface area contributed by atoms with E-state index in [2.05, 4.69) is 33.2 Å². The predicted octanol–water partition coefficient (Wildman–Crippen LogP) is 4.51. The van der Waals surface area contributed by atoms with E-state index in [-0.39, 0.29) is 5.82 Å². The average molecular weight is 345 g/mol. The van der Waals surface area contributed by atoms with E-state index in [0.717, 1.165) is 17.8 Å². The molecule has 2 aromatic carbocycles. The second-order valence-corrected chi connectivity index (χ2v) is 6.32.